The molecule has 1 aromatic rings. The molecule has 0 amide bonds. The van der Waals surface area contributed by atoms with Gasteiger partial charge in [0.05, 0.1) is 5.69 Å². The largest absolute Gasteiger partial charge is 0.458 e. The van der Waals surface area contributed by atoms with Crippen molar-refractivity contribution in [3.05, 3.63) is 18.0 Å². The van der Waals surface area contributed by atoms with E-state index in [9.17, 15) is 4.79 Å². The van der Waals surface area contributed by atoms with Gasteiger partial charge in [0, 0.05) is 12.2 Å². The van der Waals surface area contributed by atoms with Gasteiger partial charge < -0.3 is 15.0 Å². The number of carbonyl (C=O) groups is 1. The van der Waals surface area contributed by atoms with Crippen LogP contribution in [-0.2, 0) is 4.74 Å². The molecule has 0 aliphatic rings. The molecule has 0 radical (unpaired) electrons. The highest BCUT2D eigenvalue weighted by atomic mass is 16.5. The summed E-state index contributed by atoms with van der Waals surface area (Å²) < 4.78 is 7.22. The molecular formula is C13H22N2O2. The third kappa shape index (κ3) is 3.25. The fourth-order valence-corrected chi connectivity index (χ4v) is 1.46. The molecule has 17 heavy (non-hydrogen) atoms. The van der Waals surface area contributed by atoms with Crippen LogP contribution in [-0.4, -0.2) is 16.6 Å². The first kappa shape index (κ1) is 13.6. The number of nitrogens with two attached hydrogens (primary N) is 1. The maximum absolute atomic E-state index is 12.0. The summed E-state index contributed by atoms with van der Waals surface area (Å²) in [6, 6.07) is 1.85. The number of anilines is 1. The fraction of sp³-hybridized carbons (Fsp3) is 0.615. The summed E-state index contributed by atoms with van der Waals surface area (Å²) in [5.74, 6) is -0.00430. The van der Waals surface area contributed by atoms with Crippen LogP contribution in [0.15, 0.2) is 12.3 Å². The van der Waals surface area contributed by atoms with Crippen LogP contribution < -0.4 is 5.73 Å². The summed E-state index contributed by atoms with van der Waals surface area (Å²) in [4.78, 5) is 12.0. The molecule has 0 aliphatic heterocycles. The third-order valence-corrected chi connectivity index (χ3v) is 2.87. The zero-order valence-corrected chi connectivity index (χ0v) is 11.2. The number of esters is 1. The second-order valence-corrected chi connectivity index (χ2v) is 5.01. The maximum atomic E-state index is 12.0. The Kier molecular flexibility index (Phi) is 4.21. The average molecular weight is 238 g/mol. The van der Waals surface area contributed by atoms with Gasteiger partial charge in [-0.15, -0.1) is 0 Å². The van der Waals surface area contributed by atoms with Gasteiger partial charge in [-0.3, -0.25) is 0 Å². The minimum absolute atomic E-state index is 0.0979. The smallest absolute Gasteiger partial charge is 0.355 e. The Morgan fingerprint density at radius 3 is 2.35 bits per heavy atom. The van der Waals surface area contributed by atoms with Gasteiger partial charge in [0.2, 0.25) is 0 Å². The van der Waals surface area contributed by atoms with Crippen molar-refractivity contribution in [2.24, 2.45) is 5.92 Å². The van der Waals surface area contributed by atoms with Crippen molar-refractivity contribution in [1.29, 1.82) is 0 Å². The van der Waals surface area contributed by atoms with E-state index in [1.54, 1.807) is 12.3 Å². The molecule has 1 aromatic heterocycles. The summed E-state index contributed by atoms with van der Waals surface area (Å²) in [5.41, 5.74) is 6.82. The first-order valence-corrected chi connectivity index (χ1v) is 6.01. The van der Waals surface area contributed by atoms with E-state index < -0.39 is 0 Å². The van der Waals surface area contributed by atoms with Crippen LogP contribution in [0.2, 0.25) is 0 Å². The average Bonchev–Trinajstić information content (AvgIpc) is 2.60. The molecule has 96 valence electrons. The topological polar surface area (TPSA) is 57.2 Å². The van der Waals surface area contributed by atoms with Gasteiger partial charge in [-0.05, 0) is 32.8 Å². The van der Waals surface area contributed by atoms with Crippen LogP contribution in [0.5, 0.6) is 0 Å². The lowest BCUT2D eigenvalue weighted by atomic mass is 10.1. The Morgan fingerprint density at radius 1 is 1.29 bits per heavy atom. The zero-order chi connectivity index (χ0) is 13.2. The van der Waals surface area contributed by atoms with E-state index in [1.165, 1.54) is 0 Å². The van der Waals surface area contributed by atoms with Crippen molar-refractivity contribution in [3.8, 4) is 0 Å². The molecule has 1 unspecified atom stereocenters. The van der Waals surface area contributed by atoms with Gasteiger partial charge in [0.15, 0.2) is 0 Å². The molecule has 0 saturated heterocycles. The van der Waals surface area contributed by atoms with Gasteiger partial charge in [0.25, 0.3) is 0 Å². The molecule has 0 aromatic carbocycles. The summed E-state index contributed by atoms with van der Waals surface area (Å²) >= 11 is 0. The molecule has 2 N–H and O–H groups in total. The Morgan fingerprint density at radius 2 is 1.88 bits per heavy atom. The van der Waals surface area contributed by atoms with Crippen LogP contribution in [0, 0.1) is 5.92 Å². The zero-order valence-electron chi connectivity index (χ0n) is 11.2. The van der Waals surface area contributed by atoms with Crippen molar-refractivity contribution in [3.63, 3.8) is 0 Å². The van der Waals surface area contributed by atoms with Gasteiger partial charge >= 0.3 is 5.97 Å². The SMILES string of the molecule is CC(C)C(C)OC(=O)c1cc(N)cn1C(C)C. The highest BCUT2D eigenvalue weighted by molar-refractivity contribution is 5.89. The van der Waals surface area contributed by atoms with Crippen molar-refractivity contribution < 1.29 is 9.53 Å². The van der Waals surface area contributed by atoms with E-state index in [2.05, 4.69) is 0 Å². The van der Waals surface area contributed by atoms with Crippen LogP contribution in [0.1, 0.15) is 51.1 Å². The summed E-state index contributed by atoms with van der Waals surface area (Å²) in [5, 5.41) is 0. The minimum atomic E-state index is -0.309. The fourth-order valence-electron chi connectivity index (χ4n) is 1.46. The van der Waals surface area contributed by atoms with Crippen molar-refractivity contribution in [2.45, 2.75) is 46.8 Å². The van der Waals surface area contributed by atoms with Crippen molar-refractivity contribution >= 4 is 11.7 Å². The molecular weight excluding hydrogens is 216 g/mol. The number of hydrogen-bond acceptors (Lipinski definition) is 3. The molecule has 1 rings (SSSR count). The van der Waals surface area contributed by atoms with E-state index in [4.69, 9.17) is 10.5 Å². The van der Waals surface area contributed by atoms with Gasteiger partial charge in [0.1, 0.15) is 11.8 Å². The summed E-state index contributed by atoms with van der Waals surface area (Å²) in [6.45, 7) is 9.94. The van der Waals surface area contributed by atoms with Gasteiger partial charge in [-0.2, -0.15) is 0 Å². The van der Waals surface area contributed by atoms with Crippen molar-refractivity contribution in [1.82, 2.24) is 4.57 Å². The van der Waals surface area contributed by atoms with Crippen molar-refractivity contribution in [2.75, 3.05) is 5.73 Å². The number of carbonyl (C=O) groups excluding carboxylic acids is 1. The van der Waals surface area contributed by atoms with E-state index >= 15 is 0 Å². The predicted molar refractivity (Wildman–Crippen MR) is 68.9 cm³/mol. The first-order valence-electron chi connectivity index (χ1n) is 6.01. The molecule has 0 aliphatic carbocycles. The summed E-state index contributed by atoms with van der Waals surface area (Å²) in [6.07, 6.45) is 1.67. The highest BCUT2D eigenvalue weighted by Gasteiger charge is 2.19. The van der Waals surface area contributed by atoms with E-state index in [0.717, 1.165) is 0 Å². The number of aromatic nitrogens is 1. The second kappa shape index (κ2) is 5.25. The normalized spacial score (nSPS) is 13.1. The molecule has 0 saturated carbocycles. The first-order chi connectivity index (χ1) is 7.82. The van der Waals surface area contributed by atoms with Crippen LogP contribution >= 0.6 is 0 Å². The van der Waals surface area contributed by atoms with Crippen LogP contribution in [0.3, 0.4) is 0 Å². The van der Waals surface area contributed by atoms with Crippen LogP contribution in [0.4, 0.5) is 5.69 Å². The summed E-state index contributed by atoms with van der Waals surface area (Å²) in [7, 11) is 0. The lowest BCUT2D eigenvalue weighted by Crippen LogP contribution is -2.22. The quantitative estimate of drug-likeness (QED) is 0.820. The Balaban J connectivity index is 2.89. The second-order valence-electron chi connectivity index (χ2n) is 5.01. The lowest BCUT2D eigenvalue weighted by Gasteiger charge is -2.18. The monoisotopic (exact) mass is 238 g/mol. The Bertz CT molecular complexity index is 394. The standard InChI is InChI=1S/C13H22N2O2/c1-8(2)10(5)17-13(16)12-6-11(14)7-15(12)9(3)4/h6-10H,14H2,1-5H3. The number of nitrogen functional groups attached to an aromatic ring is 1. The maximum Gasteiger partial charge on any atom is 0.355 e. The molecule has 4 heteroatoms. The molecule has 1 heterocycles. The number of hydrogen-bond donors (Lipinski definition) is 1. The number of rotatable bonds is 4. The van der Waals surface area contributed by atoms with Gasteiger partial charge in [-0.25, -0.2) is 4.79 Å². The highest BCUT2D eigenvalue weighted by Crippen LogP contribution is 2.18. The minimum Gasteiger partial charge on any atom is -0.458 e. The molecule has 0 spiro atoms. The van der Waals surface area contributed by atoms with Crippen LogP contribution in [0.25, 0.3) is 0 Å². The lowest BCUT2D eigenvalue weighted by molar-refractivity contribution is 0.0224. The molecule has 0 fully saturated rings. The van der Waals surface area contributed by atoms with E-state index in [1.807, 2.05) is 39.2 Å². The predicted octanol–water partition coefficient (Wildman–Crippen LogP) is 2.85. The third-order valence-electron chi connectivity index (χ3n) is 2.87. The molecule has 0 bridgehead atoms. The Labute approximate surface area is 103 Å². The number of nitrogens with zero attached hydrogens (tertiary/aromatic N) is 1. The molecule has 1 atom stereocenters. The number of ether oxygens (including phenoxy) is 1. The van der Waals surface area contributed by atoms with E-state index in [0.29, 0.717) is 17.3 Å². The van der Waals surface area contributed by atoms with Gasteiger partial charge in [-0.1, -0.05) is 13.8 Å². The molecule has 4 nitrogen and oxygen atoms in total. The van der Waals surface area contributed by atoms with E-state index in [-0.39, 0.29) is 18.1 Å². The Hall–Kier alpha value is -1.45.